The van der Waals surface area contributed by atoms with Gasteiger partial charge in [-0.05, 0) is 52.3 Å². The van der Waals surface area contributed by atoms with Gasteiger partial charge in [0.1, 0.15) is 17.9 Å². The van der Waals surface area contributed by atoms with Crippen molar-refractivity contribution < 1.29 is 19.1 Å². The maximum Gasteiger partial charge on any atom is 0.335 e. The molecule has 152 valence electrons. The number of amides is 4. The summed E-state index contributed by atoms with van der Waals surface area (Å²) >= 11 is 18.6. The van der Waals surface area contributed by atoms with Crippen LogP contribution in [0.3, 0.4) is 0 Å². The van der Waals surface area contributed by atoms with Crippen LogP contribution in [-0.4, -0.2) is 24.5 Å². The van der Waals surface area contributed by atoms with Gasteiger partial charge in [-0.3, -0.25) is 14.9 Å². The molecule has 1 aliphatic heterocycles. The lowest BCUT2D eigenvalue weighted by atomic mass is 10.1. The van der Waals surface area contributed by atoms with E-state index in [4.69, 9.17) is 34.4 Å². The van der Waals surface area contributed by atoms with Crippen molar-refractivity contribution >= 4 is 84.7 Å². The number of anilines is 1. The van der Waals surface area contributed by atoms with Crippen LogP contribution in [0, 0.1) is 12.3 Å². The number of nitrogens with zero attached hydrogens (tertiary/aromatic N) is 1. The zero-order chi connectivity index (χ0) is 22.0. The Morgan fingerprint density at radius 2 is 1.87 bits per heavy atom. The molecule has 4 amide bonds. The Balaban J connectivity index is 2.09. The monoisotopic (exact) mass is 570 g/mol. The predicted molar refractivity (Wildman–Crippen MR) is 122 cm³/mol. The maximum atomic E-state index is 13.0. The fourth-order valence-corrected chi connectivity index (χ4v) is 4.29. The molecule has 0 spiro atoms. The van der Waals surface area contributed by atoms with Crippen LogP contribution in [0.5, 0.6) is 5.75 Å². The zero-order valence-corrected chi connectivity index (χ0v) is 19.5. The molecule has 0 atom stereocenters. The van der Waals surface area contributed by atoms with Crippen molar-refractivity contribution in [3.05, 3.63) is 60.5 Å². The molecule has 1 fully saturated rings. The minimum atomic E-state index is -0.903. The summed E-state index contributed by atoms with van der Waals surface area (Å²) in [5, 5.41) is 2.55. The third kappa shape index (κ3) is 4.55. The second kappa shape index (κ2) is 9.23. The molecule has 0 saturated carbocycles. The van der Waals surface area contributed by atoms with Crippen LogP contribution in [-0.2, 0) is 9.59 Å². The van der Waals surface area contributed by atoms with Crippen LogP contribution in [0.1, 0.15) is 5.56 Å². The highest BCUT2D eigenvalue weighted by atomic mass is 79.9. The van der Waals surface area contributed by atoms with E-state index >= 15 is 0 Å². The number of imide groups is 2. The van der Waals surface area contributed by atoms with Crippen LogP contribution < -0.4 is 15.0 Å². The number of rotatable bonds is 4. The highest BCUT2D eigenvalue weighted by Gasteiger charge is 2.37. The fraction of sp³-hybridized carbons (Fsp3) is 0.0500. The normalized spacial score (nSPS) is 15.2. The van der Waals surface area contributed by atoms with Gasteiger partial charge in [0.15, 0.2) is 0 Å². The molecule has 30 heavy (non-hydrogen) atoms. The molecule has 0 aliphatic carbocycles. The van der Waals surface area contributed by atoms with Gasteiger partial charge in [-0.2, -0.15) is 0 Å². The first-order chi connectivity index (χ1) is 14.2. The van der Waals surface area contributed by atoms with E-state index in [1.165, 1.54) is 24.3 Å². The van der Waals surface area contributed by atoms with Gasteiger partial charge in [0, 0.05) is 10.0 Å². The summed E-state index contributed by atoms with van der Waals surface area (Å²) in [7, 11) is 0. The second-order valence-electron chi connectivity index (χ2n) is 5.86. The smallest absolute Gasteiger partial charge is 0.335 e. The van der Waals surface area contributed by atoms with Gasteiger partial charge in [0.05, 0.1) is 20.2 Å². The first-order valence-corrected chi connectivity index (χ1v) is 10.5. The largest absolute Gasteiger partial charge is 0.479 e. The number of carbonyl (C=O) groups is 3. The molecule has 1 heterocycles. The molecule has 1 N–H and O–H groups in total. The summed E-state index contributed by atoms with van der Waals surface area (Å²) in [5.41, 5.74) is 0.272. The van der Waals surface area contributed by atoms with Gasteiger partial charge < -0.3 is 4.74 Å². The summed E-state index contributed by atoms with van der Waals surface area (Å²) in [4.78, 5) is 38.6. The molecular formula is C20H10Br2Cl2N2O4. The molecule has 2 aromatic carbocycles. The summed E-state index contributed by atoms with van der Waals surface area (Å²) in [6.07, 6.45) is 6.57. The molecule has 0 bridgehead atoms. The van der Waals surface area contributed by atoms with Crippen molar-refractivity contribution in [3.8, 4) is 18.1 Å². The number of hydrogen-bond acceptors (Lipinski definition) is 4. The number of terminal acetylenes is 1. The van der Waals surface area contributed by atoms with Gasteiger partial charge in [-0.1, -0.05) is 45.1 Å². The Morgan fingerprint density at radius 1 is 1.13 bits per heavy atom. The minimum Gasteiger partial charge on any atom is -0.479 e. The predicted octanol–water partition coefficient (Wildman–Crippen LogP) is 5.20. The van der Waals surface area contributed by atoms with Crippen LogP contribution in [0.2, 0.25) is 10.0 Å². The molecular weight excluding hydrogens is 563 g/mol. The van der Waals surface area contributed by atoms with Crippen molar-refractivity contribution in [2.75, 3.05) is 11.5 Å². The van der Waals surface area contributed by atoms with E-state index in [1.54, 1.807) is 12.1 Å². The molecule has 10 heteroatoms. The van der Waals surface area contributed by atoms with Crippen molar-refractivity contribution in [2.45, 2.75) is 0 Å². The van der Waals surface area contributed by atoms with E-state index in [0.717, 1.165) is 4.90 Å². The van der Waals surface area contributed by atoms with Gasteiger partial charge >= 0.3 is 6.03 Å². The fourth-order valence-electron chi connectivity index (χ4n) is 2.63. The Bertz CT molecular complexity index is 1160. The van der Waals surface area contributed by atoms with Crippen molar-refractivity contribution in [1.29, 1.82) is 0 Å². The average Bonchev–Trinajstić information content (AvgIpc) is 2.67. The number of ether oxygens (including phenoxy) is 1. The summed E-state index contributed by atoms with van der Waals surface area (Å²) in [6, 6.07) is 6.70. The molecule has 3 rings (SSSR count). The van der Waals surface area contributed by atoms with E-state index in [0.29, 0.717) is 20.3 Å². The third-order valence-corrected chi connectivity index (χ3v) is 5.69. The van der Waals surface area contributed by atoms with Crippen molar-refractivity contribution in [1.82, 2.24) is 5.32 Å². The highest BCUT2D eigenvalue weighted by Crippen LogP contribution is 2.35. The minimum absolute atomic E-state index is 0.0234. The van der Waals surface area contributed by atoms with Crippen LogP contribution >= 0.6 is 55.1 Å². The number of benzene rings is 2. The maximum absolute atomic E-state index is 13.0. The van der Waals surface area contributed by atoms with Gasteiger partial charge in [0.25, 0.3) is 11.8 Å². The molecule has 1 saturated heterocycles. The third-order valence-electron chi connectivity index (χ3n) is 3.90. The van der Waals surface area contributed by atoms with Crippen LogP contribution in [0.25, 0.3) is 6.08 Å². The standard InChI is InChI=1S/C20H10Br2Cl2N2O4/c1-2-5-30-17-10(6-11(21)8-14(17)22)7-13-18(27)25-20(29)26(19(13)28)12-3-4-15(23)16(24)9-12/h1,3-4,6-9H,5H2,(H,25,27,29)/b13-7+. The number of hydrogen-bond donors (Lipinski definition) is 1. The number of nitrogens with one attached hydrogen (secondary N) is 1. The highest BCUT2D eigenvalue weighted by molar-refractivity contribution is 9.11. The summed E-state index contributed by atoms with van der Waals surface area (Å²) < 4.78 is 6.76. The lowest BCUT2D eigenvalue weighted by Crippen LogP contribution is -2.54. The second-order valence-corrected chi connectivity index (χ2v) is 8.44. The SMILES string of the molecule is C#CCOc1c(Br)cc(Br)cc1/C=C1\C(=O)NC(=O)N(c2ccc(Cl)c(Cl)c2)C1=O. The first kappa shape index (κ1) is 22.4. The van der Waals surface area contributed by atoms with E-state index in [9.17, 15) is 14.4 Å². The first-order valence-electron chi connectivity index (χ1n) is 8.14. The number of urea groups is 1. The van der Waals surface area contributed by atoms with Crippen LogP contribution in [0.4, 0.5) is 10.5 Å². The Labute approximate surface area is 198 Å². The lowest BCUT2D eigenvalue weighted by Gasteiger charge is -2.26. The Morgan fingerprint density at radius 3 is 2.53 bits per heavy atom. The molecule has 1 aliphatic rings. The zero-order valence-electron chi connectivity index (χ0n) is 14.8. The van der Waals surface area contributed by atoms with E-state index in [2.05, 4.69) is 43.1 Å². The van der Waals surface area contributed by atoms with Gasteiger partial charge in [0.2, 0.25) is 0 Å². The average molecular weight is 573 g/mol. The number of halogens is 4. The van der Waals surface area contributed by atoms with Crippen LogP contribution in [0.15, 0.2) is 44.9 Å². The molecule has 6 nitrogen and oxygen atoms in total. The van der Waals surface area contributed by atoms with Gasteiger partial charge in [-0.25, -0.2) is 9.69 Å². The summed E-state index contributed by atoms with van der Waals surface area (Å²) in [6.45, 7) is -0.0234. The number of carbonyl (C=O) groups excluding carboxylic acids is 3. The molecule has 0 unspecified atom stereocenters. The molecule has 0 radical (unpaired) electrons. The van der Waals surface area contributed by atoms with Crippen molar-refractivity contribution in [2.24, 2.45) is 0 Å². The molecule has 0 aromatic heterocycles. The quantitative estimate of drug-likeness (QED) is 0.311. The Kier molecular flexibility index (Phi) is 6.88. The topological polar surface area (TPSA) is 75.7 Å². The van der Waals surface area contributed by atoms with E-state index in [-0.39, 0.29) is 27.9 Å². The van der Waals surface area contributed by atoms with E-state index < -0.39 is 17.8 Å². The van der Waals surface area contributed by atoms with Gasteiger partial charge in [-0.15, -0.1) is 6.42 Å². The number of barbiturate groups is 1. The van der Waals surface area contributed by atoms with Crippen molar-refractivity contribution in [3.63, 3.8) is 0 Å². The van der Waals surface area contributed by atoms with E-state index in [1.807, 2.05) is 0 Å². The molecule has 2 aromatic rings. The summed E-state index contributed by atoms with van der Waals surface area (Å²) in [5.74, 6) is 1.01. The lowest BCUT2D eigenvalue weighted by molar-refractivity contribution is -0.122. The Hall–Kier alpha value is -2.31.